The first kappa shape index (κ1) is 18.7. The number of carbonyl (C=O) groups excluding carboxylic acids is 1. The third kappa shape index (κ3) is 4.01. The van der Waals surface area contributed by atoms with E-state index in [-0.39, 0.29) is 11.5 Å². The van der Waals surface area contributed by atoms with Crippen LogP contribution in [0.4, 0.5) is 0 Å². The molecule has 26 heavy (non-hydrogen) atoms. The lowest BCUT2D eigenvalue weighted by Crippen LogP contribution is -2.24. The molecule has 0 saturated carbocycles. The fraction of sp³-hybridized carbons (Fsp3) is 0.167. The molecule has 0 radical (unpaired) electrons. The minimum Gasteiger partial charge on any atom is -0.481 e. The number of nitrogens with zero attached hydrogens (tertiary/aromatic N) is 3. The van der Waals surface area contributed by atoms with Crippen LogP contribution in [0.25, 0.3) is 5.69 Å². The van der Waals surface area contributed by atoms with E-state index in [9.17, 15) is 4.79 Å². The molecule has 1 atom stereocenters. The Balaban J connectivity index is 1.77. The zero-order valence-corrected chi connectivity index (χ0v) is 16.2. The largest absolute Gasteiger partial charge is 0.481 e. The van der Waals surface area contributed by atoms with Crippen molar-refractivity contribution >= 4 is 40.6 Å². The van der Waals surface area contributed by atoms with Gasteiger partial charge in [0.15, 0.2) is 11.8 Å². The van der Waals surface area contributed by atoms with Crippen LogP contribution in [-0.4, -0.2) is 26.9 Å². The number of aromatic nitrogens is 3. The maximum absolute atomic E-state index is 12.6. The summed E-state index contributed by atoms with van der Waals surface area (Å²) < 4.78 is 7.11. The van der Waals surface area contributed by atoms with Crippen LogP contribution in [0.1, 0.15) is 23.0 Å². The Bertz CT molecular complexity index is 972. The normalized spacial score (nSPS) is 12.0. The highest BCUT2D eigenvalue weighted by Crippen LogP contribution is 2.28. The summed E-state index contributed by atoms with van der Waals surface area (Å²) in [6, 6.07) is 10.3. The number of ketones is 1. The molecule has 0 N–H and O–H groups in total. The second kappa shape index (κ2) is 7.66. The second-order valence-electron chi connectivity index (χ2n) is 5.68. The Hall–Kier alpha value is -2.08. The van der Waals surface area contributed by atoms with Gasteiger partial charge in [-0.3, -0.25) is 4.79 Å². The van der Waals surface area contributed by atoms with Crippen LogP contribution in [0.2, 0.25) is 15.1 Å². The van der Waals surface area contributed by atoms with Crippen LogP contribution in [0.15, 0.2) is 42.6 Å². The zero-order valence-electron chi connectivity index (χ0n) is 13.9. The van der Waals surface area contributed by atoms with E-state index >= 15 is 0 Å². The molecule has 0 unspecified atom stereocenters. The van der Waals surface area contributed by atoms with Crippen molar-refractivity contribution in [3.63, 3.8) is 0 Å². The molecule has 134 valence electrons. The first-order valence-corrected chi connectivity index (χ1v) is 8.83. The highest BCUT2D eigenvalue weighted by Gasteiger charge is 2.21. The van der Waals surface area contributed by atoms with E-state index < -0.39 is 6.10 Å². The summed E-state index contributed by atoms with van der Waals surface area (Å²) in [4.78, 5) is 12.6. The number of rotatable bonds is 5. The Labute approximate surface area is 165 Å². The minimum absolute atomic E-state index is 0.180. The molecule has 3 rings (SSSR count). The van der Waals surface area contributed by atoms with E-state index in [0.29, 0.717) is 26.5 Å². The van der Waals surface area contributed by atoms with Gasteiger partial charge >= 0.3 is 0 Å². The highest BCUT2D eigenvalue weighted by molar-refractivity contribution is 6.35. The van der Waals surface area contributed by atoms with Gasteiger partial charge in [-0.1, -0.05) is 46.1 Å². The van der Waals surface area contributed by atoms with Crippen LogP contribution < -0.4 is 4.74 Å². The van der Waals surface area contributed by atoms with E-state index in [1.165, 1.54) is 10.9 Å². The van der Waals surface area contributed by atoms with Crippen LogP contribution in [0, 0.1) is 6.92 Å². The quantitative estimate of drug-likeness (QED) is 0.543. The number of ether oxygens (including phenoxy) is 1. The number of hydrogen-bond donors (Lipinski definition) is 0. The maximum atomic E-state index is 12.6. The van der Waals surface area contributed by atoms with Crippen LogP contribution in [0.3, 0.4) is 0 Å². The molecule has 0 spiro atoms. The van der Waals surface area contributed by atoms with Crippen molar-refractivity contribution in [1.29, 1.82) is 0 Å². The molecule has 1 heterocycles. The molecule has 0 aliphatic heterocycles. The molecule has 0 fully saturated rings. The first-order valence-electron chi connectivity index (χ1n) is 7.70. The van der Waals surface area contributed by atoms with Gasteiger partial charge in [-0.2, -0.15) is 0 Å². The number of carbonyl (C=O) groups is 1. The van der Waals surface area contributed by atoms with Crippen molar-refractivity contribution in [1.82, 2.24) is 15.0 Å². The molecule has 1 aromatic heterocycles. The first-order chi connectivity index (χ1) is 12.3. The lowest BCUT2D eigenvalue weighted by atomic mass is 10.2. The van der Waals surface area contributed by atoms with Crippen LogP contribution in [0.5, 0.6) is 5.75 Å². The molecular weight excluding hydrogens is 397 g/mol. The van der Waals surface area contributed by atoms with Crippen molar-refractivity contribution in [3.05, 3.63) is 68.9 Å². The molecule has 0 amide bonds. The summed E-state index contributed by atoms with van der Waals surface area (Å²) >= 11 is 18.1. The Morgan fingerprint density at radius 1 is 1.12 bits per heavy atom. The van der Waals surface area contributed by atoms with Gasteiger partial charge in [0.1, 0.15) is 5.75 Å². The number of Topliss-reactive ketones (excluding diaryl/α,β-unsaturated/α-hetero) is 1. The van der Waals surface area contributed by atoms with Crippen LogP contribution in [-0.2, 0) is 0 Å². The fourth-order valence-corrected chi connectivity index (χ4v) is 2.88. The van der Waals surface area contributed by atoms with E-state index in [4.69, 9.17) is 39.5 Å². The predicted molar refractivity (Wildman–Crippen MR) is 102 cm³/mol. The minimum atomic E-state index is -0.791. The monoisotopic (exact) mass is 409 g/mol. The van der Waals surface area contributed by atoms with Gasteiger partial charge in [0, 0.05) is 10.0 Å². The molecule has 0 aliphatic rings. The molecule has 0 bridgehead atoms. The van der Waals surface area contributed by atoms with E-state index in [1.807, 2.05) is 19.1 Å². The number of halogens is 3. The third-order valence-corrected chi connectivity index (χ3v) is 4.67. The number of aryl methyl sites for hydroxylation is 1. The van der Waals surface area contributed by atoms with Gasteiger partial charge in [-0.15, -0.1) is 5.10 Å². The summed E-state index contributed by atoms with van der Waals surface area (Å²) in [6.07, 6.45) is 0.743. The van der Waals surface area contributed by atoms with Gasteiger partial charge in [0.05, 0.1) is 16.9 Å². The average molecular weight is 411 g/mol. The zero-order chi connectivity index (χ0) is 18.8. The smallest absolute Gasteiger partial charge is 0.224 e. The second-order valence-corrected chi connectivity index (χ2v) is 6.93. The SMILES string of the molecule is Cc1ccc(-n2cc(C(=O)[C@H](C)Oc3ccc(Cl)cc3Cl)nn2)cc1Cl. The Kier molecular flexibility index (Phi) is 5.51. The summed E-state index contributed by atoms with van der Waals surface area (Å²) in [5.74, 6) is 0.0510. The van der Waals surface area contributed by atoms with Crippen LogP contribution >= 0.6 is 34.8 Å². The molecule has 0 saturated heterocycles. The number of benzene rings is 2. The van der Waals surface area contributed by atoms with Gasteiger partial charge in [-0.05, 0) is 49.7 Å². The van der Waals surface area contributed by atoms with Gasteiger partial charge in [-0.25, -0.2) is 4.68 Å². The van der Waals surface area contributed by atoms with E-state index in [1.54, 1.807) is 31.2 Å². The van der Waals surface area contributed by atoms with Crippen molar-refractivity contribution in [2.75, 3.05) is 0 Å². The predicted octanol–water partition coefficient (Wildman–Crippen LogP) is 5.19. The molecule has 2 aromatic carbocycles. The topological polar surface area (TPSA) is 57.0 Å². The number of hydrogen-bond acceptors (Lipinski definition) is 4. The lowest BCUT2D eigenvalue weighted by Gasteiger charge is -2.13. The van der Waals surface area contributed by atoms with Crippen molar-refractivity contribution in [2.24, 2.45) is 0 Å². The molecule has 5 nitrogen and oxygen atoms in total. The molecule has 3 aromatic rings. The standard InChI is InChI=1S/C18H14Cl3N3O2/c1-10-3-5-13(8-14(10)20)24-9-16(22-23-24)18(25)11(2)26-17-6-4-12(19)7-15(17)21/h3-9,11H,1-2H3/t11-/m0/s1. The summed E-state index contributed by atoms with van der Waals surface area (Å²) in [7, 11) is 0. The van der Waals surface area contributed by atoms with Gasteiger partial charge < -0.3 is 4.74 Å². The molecule has 0 aliphatic carbocycles. The summed E-state index contributed by atoms with van der Waals surface area (Å²) in [5.41, 5.74) is 1.84. The maximum Gasteiger partial charge on any atom is 0.224 e. The van der Waals surface area contributed by atoms with Crippen molar-refractivity contribution in [3.8, 4) is 11.4 Å². The lowest BCUT2D eigenvalue weighted by molar-refractivity contribution is 0.0813. The molecular formula is C18H14Cl3N3O2. The van der Waals surface area contributed by atoms with E-state index in [0.717, 1.165) is 5.56 Å². The summed E-state index contributed by atoms with van der Waals surface area (Å²) in [6.45, 7) is 3.53. The molecule has 8 heteroatoms. The van der Waals surface area contributed by atoms with E-state index in [2.05, 4.69) is 10.3 Å². The van der Waals surface area contributed by atoms with Gasteiger partial charge in [0.2, 0.25) is 5.78 Å². The van der Waals surface area contributed by atoms with Gasteiger partial charge in [0.25, 0.3) is 0 Å². The third-order valence-electron chi connectivity index (χ3n) is 3.73. The Morgan fingerprint density at radius 3 is 2.58 bits per heavy atom. The highest BCUT2D eigenvalue weighted by atomic mass is 35.5. The Morgan fingerprint density at radius 2 is 1.88 bits per heavy atom. The van der Waals surface area contributed by atoms with Crippen molar-refractivity contribution < 1.29 is 9.53 Å². The fourth-order valence-electron chi connectivity index (χ4n) is 2.25. The summed E-state index contributed by atoms with van der Waals surface area (Å²) in [5, 5.41) is 9.34. The average Bonchev–Trinajstić information content (AvgIpc) is 3.09. The van der Waals surface area contributed by atoms with Crippen molar-refractivity contribution in [2.45, 2.75) is 20.0 Å².